The van der Waals surface area contributed by atoms with E-state index in [0.29, 0.717) is 0 Å². The maximum absolute atomic E-state index is 11.8. The summed E-state index contributed by atoms with van der Waals surface area (Å²) in [7, 11) is 0. The summed E-state index contributed by atoms with van der Waals surface area (Å²) in [5.74, 6) is -0.548. The molecule has 0 atom stereocenters. The SMILES string of the molecule is Oc1cc(Cl)c(OC(F)F)c(Cl)c1. The molecule has 13 heavy (non-hydrogen) atoms. The Kier molecular flexibility index (Phi) is 3.17. The zero-order valence-corrected chi connectivity index (χ0v) is 7.61. The highest BCUT2D eigenvalue weighted by Crippen LogP contribution is 2.37. The lowest BCUT2D eigenvalue weighted by Crippen LogP contribution is -2.02. The summed E-state index contributed by atoms with van der Waals surface area (Å²) < 4.78 is 27.6. The Labute approximate surface area is 82.6 Å². The van der Waals surface area contributed by atoms with Crippen LogP contribution < -0.4 is 4.74 Å². The zero-order valence-electron chi connectivity index (χ0n) is 6.10. The third-order valence-electron chi connectivity index (χ3n) is 1.19. The van der Waals surface area contributed by atoms with Gasteiger partial charge in [0, 0.05) is 12.1 Å². The van der Waals surface area contributed by atoms with E-state index in [1.807, 2.05) is 0 Å². The molecule has 0 aliphatic rings. The molecule has 0 amide bonds. The van der Waals surface area contributed by atoms with Crippen LogP contribution in [0.3, 0.4) is 0 Å². The van der Waals surface area contributed by atoms with Gasteiger partial charge in [0.1, 0.15) is 5.75 Å². The molecule has 1 rings (SSSR count). The van der Waals surface area contributed by atoms with Crippen molar-refractivity contribution in [2.45, 2.75) is 6.61 Å². The van der Waals surface area contributed by atoms with E-state index in [9.17, 15) is 8.78 Å². The quantitative estimate of drug-likeness (QED) is 0.842. The molecule has 0 saturated carbocycles. The monoisotopic (exact) mass is 228 g/mol. The lowest BCUT2D eigenvalue weighted by atomic mass is 10.3. The number of ether oxygens (including phenoxy) is 1. The molecule has 0 radical (unpaired) electrons. The standard InChI is InChI=1S/C7H4Cl2F2O2/c8-4-1-3(12)2-5(9)6(4)13-7(10)11/h1-2,7,12H. The van der Waals surface area contributed by atoms with Crippen LogP contribution in [0.25, 0.3) is 0 Å². The number of benzene rings is 1. The molecule has 0 heterocycles. The molecule has 2 nitrogen and oxygen atoms in total. The van der Waals surface area contributed by atoms with Crippen LogP contribution in [0, 0.1) is 0 Å². The maximum Gasteiger partial charge on any atom is 0.387 e. The summed E-state index contributed by atoms with van der Waals surface area (Å²) in [6.07, 6.45) is 0. The minimum Gasteiger partial charge on any atom is -0.508 e. The highest BCUT2D eigenvalue weighted by atomic mass is 35.5. The molecule has 0 unspecified atom stereocenters. The van der Waals surface area contributed by atoms with E-state index in [0.717, 1.165) is 12.1 Å². The third kappa shape index (κ3) is 2.60. The molecule has 0 aromatic heterocycles. The van der Waals surface area contributed by atoms with Crippen LogP contribution in [-0.2, 0) is 0 Å². The van der Waals surface area contributed by atoms with Gasteiger partial charge in [-0.1, -0.05) is 23.2 Å². The number of rotatable bonds is 2. The first-order valence-electron chi connectivity index (χ1n) is 3.13. The van der Waals surface area contributed by atoms with Crippen molar-refractivity contribution in [3.8, 4) is 11.5 Å². The first-order valence-corrected chi connectivity index (χ1v) is 3.89. The second-order valence-corrected chi connectivity index (χ2v) is 2.93. The fourth-order valence-electron chi connectivity index (χ4n) is 0.748. The van der Waals surface area contributed by atoms with Crippen molar-refractivity contribution < 1.29 is 18.6 Å². The van der Waals surface area contributed by atoms with Gasteiger partial charge >= 0.3 is 6.61 Å². The summed E-state index contributed by atoms with van der Waals surface area (Å²) in [6.45, 7) is -3.00. The van der Waals surface area contributed by atoms with Gasteiger partial charge < -0.3 is 9.84 Å². The van der Waals surface area contributed by atoms with Crippen LogP contribution in [0.15, 0.2) is 12.1 Å². The van der Waals surface area contributed by atoms with Crippen LogP contribution in [0.5, 0.6) is 11.5 Å². The number of hydrogen-bond acceptors (Lipinski definition) is 2. The molecule has 0 aliphatic carbocycles. The minimum atomic E-state index is -3.00. The van der Waals surface area contributed by atoms with E-state index in [1.165, 1.54) is 0 Å². The van der Waals surface area contributed by atoms with E-state index >= 15 is 0 Å². The van der Waals surface area contributed by atoms with E-state index in [2.05, 4.69) is 4.74 Å². The maximum atomic E-state index is 11.8. The largest absolute Gasteiger partial charge is 0.508 e. The Morgan fingerprint density at radius 1 is 1.23 bits per heavy atom. The van der Waals surface area contributed by atoms with Crippen LogP contribution >= 0.6 is 23.2 Å². The molecular formula is C7H4Cl2F2O2. The van der Waals surface area contributed by atoms with Gasteiger partial charge in [-0.2, -0.15) is 8.78 Å². The van der Waals surface area contributed by atoms with E-state index in [-0.39, 0.29) is 21.5 Å². The number of alkyl halides is 2. The minimum absolute atomic E-state index is 0.162. The fourth-order valence-corrected chi connectivity index (χ4v) is 1.31. The molecule has 0 bridgehead atoms. The Bertz CT molecular complexity index is 294. The average molecular weight is 229 g/mol. The van der Waals surface area contributed by atoms with Gasteiger partial charge in [-0.3, -0.25) is 0 Å². The van der Waals surface area contributed by atoms with Gasteiger partial charge in [-0.15, -0.1) is 0 Å². The summed E-state index contributed by atoms with van der Waals surface area (Å²) in [4.78, 5) is 0. The summed E-state index contributed by atoms with van der Waals surface area (Å²) in [6, 6.07) is 2.12. The predicted molar refractivity (Wildman–Crippen MR) is 44.8 cm³/mol. The Morgan fingerprint density at radius 2 is 1.69 bits per heavy atom. The van der Waals surface area contributed by atoms with Crippen molar-refractivity contribution in [3.05, 3.63) is 22.2 Å². The molecule has 0 saturated heterocycles. The molecule has 0 aliphatic heterocycles. The first-order chi connectivity index (χ1) is 6.00. The second kappa shape index (κ2) is 3.98. The van der Waals surface area contributed by atoms with Gasteiger partial charge in [0.25, 0.3) is 0 Å². The number of hydrogen-bond donors (Lipinski definition) is 1. The van der Waals surface area contributed by atoms with Gasteiger partial charge in [-0.25, -0.2) is 0 Å². The van der Waals surface area contributed by atoms with Crippen molar-refractivity contribution in [1.29, 1.82) is 0 Å². The van der Waals surface area contributed by atoms with Gasteiger partial charge in [0.15, 0.2) is 5.75 Å². The van der Waals surface area contributed by atoms with Crippen LogP contribution in [0.4, 0.5) is 8.78 Å². The second-order valence-electron chi connectivity index (χ2n) is 2.12. The lowest BCUT2D eigenvalue weighted by Gasteiger charge is -2.08. The lowest BCUT2D eigenvalue weighted by molar-refractivity contribution is -0.0497. The number of phenolic OH excluding ortho intramolecular Hbond substituents is 1. The molecular weight excluding hydrogens is 225 g/mol. The van der Waals surface area contributed by atoms with Gasteiger partial charge in [0.2, 0.25) is 0 Å². The highest BCUT2D eigenvalue weighted by Gasteiger charge is 2.13. The fraction of sp³-hybridized carbons (Fsp3) is 0.143. The number of halogens is 4. The van der Waals surface area contributed by atoms with Crippen molar-refractivity contribution in [1.82, 2.24) is 0 Å². The normalized spacial score (nSPS) is 10.5. The number of aromatic hydroxyl groups is 1. The van der Waals surface area contributed by atoms with Crippen LogP contribution in [0.2, 0.25) is 10.0 Å². The molecule has 1 aromatic rings. The summed E-state index contributed by atoms with van der Waals surface area (Å²) >= 11 is 11.0. The molecule has 0 fully saturated rings. The van der Waals surface area contributed by atoms with E-state index in [4.69, 9.17) is 28.3 Å². The van der Waals surface area contributed by atoms with Crippen molar-refractivity contribution in [2.24, 2.45) is 0 Å². The Balaban J connectivity index is 3.06. The Morgan fingerprint density at radius 3 is 2.08 bits per heavy atom. The van der Waals surface area contributed by atoms with Crippen molar-refractivity contribution in [3.63, 3.8) is 0 Å². The van der Waals surface area contributed by atoms with Crippen molar-refractivity contribution >= 4 is 23.2 Å². The van der Waals surface area contributed by atoms with Gasteiger partial charge in [-0.05, 0) is 0 Å². The molecule has 0 spiro atoms. The zero-order chi connectivity index (χ0) is 10.0. The van der Waals surface area contributed by atoms with Crippen molar-refractivity contribution in [2.75, 3.05) is 0 Å². The first kappa shape index (κ1) is 10.3. The predicted octanol–water partition coefficient (Wildman–Crippen LogP) is 3.30. The molecule has 72 valence electrons. The molecule has 1 aromatic carbocycles. The molecule has 1 N–H and O–H groups in total. The van der Waals surface area contributed by atoms with Gasteiger partial charge in [0.05, 0.1) is 10.0 Å². The van der Waals surface area contributed by atoms with Crippen LogP contribution in [0.1, 0.15) is 0 Å². The third-order valence-corrected chi connectivity index (χ3v) is 1.75. The summed E-state index contributed by atoms with van der Waals surface area (Å²) in [5.41, 5.74) is 0. The molecule has 6 heteroatoms. The highest BCUT2D eigenvalue weighted by molar-refractivity contribution is 6.37. The summed E-state index contributed by atoms with van der Waals surface area (Å²) in [5, 5.41) is 8.62. The average Bonchev–Trinajstić information content (AvgIpc) is 1.96. The topological polar surface area (TPSA) is 29.5 Å². The van der Waals surface area contributed by atoms with Crippen LogP contribution in [-0.4, -0.2) is 11.7 Å². The smallest absolute Gasteiger partial charge is 0.387 e. The Hall–Kier alpha value is -0.740. The van der Waals surface area contributed by atoms with E-state index in [1.54, 1.807) is 0 Å². The number of phenols is 1. The van der Waals surface area contributed by atoms with E-state index < -0.39 is 6.61 Å².